The van der Waals surface area contributed by atoms with Crippen molar-refractivity contribution in [2.45, 2.75) is 50.1 Å². The molecule has 4 aromatic rings. The summed E-state index contributed by atoms with van der Waals surface area (Å²) in [4.78, 5) is 0. The number of rotatable bonds is 8. The average Bonchev–Trinajstić information content (AvgIpc) is 3.49. The third-order valence-electron chi connectivity index (χ3n) is 8.46. The molecule has 1 heterocycles. The second-order valence-electron chi connectivity index (χ2n) is 11.6. The van der Waals surface area contributed by atoms with Gasteiger partial charge in [0.1, 0.15) is 0 Å². The molecule has 0 saturated carbocycles. The summed E-state index contributed by atoms with van der Waals surface area (Å²) in [6.45, 7) is 6.90. The number of hydrogen-bond donors (Lipinski definition) is 0. The normalized spacial score (nSPS) is 16.4. The van der Waals surface area contributed by atoms with E-state index in [1.807, 2.05) is 0 Å². The Balaban J connectivity index is 1.53. The van der Waals surface area contributed by atoms with E-state index >= 15 is 0 Å². The van der Waals surface area contributed by atoms with Gasteiger partial charge in [-0.3, -0.25) is 0 Å². The number of benzene rings is 4. The second-order valence-corrected chi connectivity index (χ2v) is 27.4. The summed E-state index contributed by atoms with van der Waals surface area (Å²) in [7, 11) is 15.1. The minimum absolute atomic E-state index is 0.131. The van der Waals surface area contributed by atoms with Crippen molar-refractivity contribution in [2.24, 2.45) is 5.92 Å². The van der Waals surface area contributed by atoms with Crippen molar-refractivity contribution < 1.29 is 17.9 Å². The van der Waals surface area contributed by atoms with Crippen LogP contribution < -0.4 is 13.6 Å². The van der Waals surface area contributed by atoms with Gasteiger partial charge in [-0.05, 0) is 0 Å². The molecule has 0 fully saturated rings. The van der Waals surface area contributed by atoms with Crippen LogP contribution in [0.4, 0.5) is 0 Å². The van der Waals surface area contributed by atoms with Crippen LogP contribution in [0.2, 0.25) is 0 Å². The van der Waals surface area contributed by atoms with Crippen molar-refractivity contribution in [3.05, 3.63) is 107 Å². The third kappa shape index (κ3) is 5.01. The van der Waals surface area contributed by atoms with Crippen LogP contribution in [0.15, 0.2) is 90.5 Å². The van der Waals surface area contributed by atoms with Crippen LogP contribution >= 0.6 is 17.0 Å². The number of halogens is 2. The van der Waals surface area contributed by atoms with E-state index in [1.165, 1.54) is 71.0 Å². The van der Waals surface area contributed by atoms with Gasteiger partial charge in [0.25, 0.3) is 0 Å². The Labute approximate surface area is 247 Å². The van der Waals surface area contributed by atoms with Crippen LogP contribution in [0.1, 0.15) is 60.3 Å². The van der Waals surface area contributed by atoms with Gasteiger partial charge in [0.2, 0.25) is 0 Å². The standard InChI is InChI=1S/C23H27.C12H9Si.2ClH.Zr/c1-4-5-9-20-12-13-21-15-18(14-17(2)3)16-22(21)23(20)19-10-7-6-8-11-19;1-3-7-11-9(5-1)10-6-2-4-8-12(10)13-11;;;/h6-8,10-13,15-17H,4-5,9,14H2,1-3H3;1-7H,13H2;2*1H;/q;;;;+2/p-2. The number of hydrogen-bond acceptors (Lipinski definition) is 0. The van der Waals surface area contributed by atoms with Crippen molar-refractivity contribution >= 4 is 46.3 Å². The molecule has 0 radical (unpaired) electrons. The molecule has 0 bridgehead atoms. The second kappa shape index (κ2) is 11.3. The van der Waals surface area contributed by atoms with E-state index in [1.54, 1.807) is 0 Å². The zero-order valence-electron chi connectivity index (χ0n) is 23.1. The van der Waals surface area contributed by atoms with Crippen molar-refractivity contribution in [1.82, 2.24) is 0 Å². The van der Waals surface area contributed by atoms with Crippen LogP contribution in [-0.2, 0) is 24.3 Å². The van der Waals surface area contributed by atoms with Crippen LogP contribution in [-0.4, -0.2) is 9.52 Å². The number of aryl methyl sites for hydroxylation is 1. The van der Waals surface area contributed by atoms with Crippen molar-refractivity contribution in [1.29, 1.82) is 0 Å². The van der Waals surface area contributed by atoms with Crippen LogP contribution in [0, 0.1) is 5.92 Å². The molecule has 1 aliphatic heterocycles. The summed E-state index contributed by atoms with van der Waals surface area (Å²) >= 11 is -3.97. The molecular formula is C35H36Cl2SiZr. The average molecular weight is 647 g/mol. The van der Waals surface area contributed by atoms with Crippen LogP contribution in [0.5, 0.6) is 0 Å². The molecule has 2 aliphatic rings. The van der Waals surface area contributed by atoms with Crippen molar-refractivity contribution in [2.75, 3.05) is 0 Å². The topological polar surface area (TPSA) is 0 Å². The van der Waals surface area contributed by atoms with Gasteiger partial charge in [-0.25, -0.2) is 0 Å². The quantitative estimate of drug-likeness (QED) is 0.150. The zero-order valence-corrected chi connectivity index (χ0v) is 28.5. The van der Waals surface area contributed by atoms with Gasteiger partial charge in [-0.2, -0.15) is 0 Å². The maximum absolute atomic E-state index is 7.88. The molecule has 0 saturated heterocycles. The molecule has 0 N–H and O–H groups in total. The van der Waals surface area contributed by atoms with E-state index in [9.17, 15) is 0 Å². The van der Waals surface area contributed by atoms with E-state index in [2.05, 4.69) is 112 Å². The van der Waals surface area contributed by atoms with E-state index in [0.717, 1.165) is 12.8 Å². The molecule has 0 amide bonds. The third-order valence-corrected chi connectivity index (χ3v) is 22.8. The van der Waals surface area contributed by atoms with Crippen LogP contribution in [0.3, 0.4) is 0 Å². The molecule has 4 aromatic carbocycles. The Bertz CT molecular complexity index is 1550. The Morgan fingerprint density at radius 2 is 1.59 bits per heavy atom. The van der Waals surface area contributed by atoms with Gasteiger partial charge >= 0.3 is 250 Å². The predicted molar refractivity (Wildman–Crippen MR) is 172 cm³/mol. The first-order valence-corrected chi connectivity index (χ1v) is 24.8. The fourth-order valence-corrected chi connectivity index (χ4v) is 23.6. The Morgan fingerprint density at radius 3 is 2.36 bits per heavy atom. The van der Waals surface area contributed by atoms with Gasteiger partial charge in [0.15, 0.2) is 0 Å². The van der Waals surface area contributed by atoms with Crippen molar-refractivity contribution in [3.8, 4) is 22.3 Å². The fourth-order valence-electron chi connectivity index (χ4n) is 6.78. The first-order chi connectivity index (χ1) is 18.9. The first-order valence-electron chi connectivity index (χ1n) is 14.4. The van der Waals surface area contributed by atoms with Gasteiger partial charge in [-0.15, -0.1) is 0 Å². The molecule has 0 spiro atoms. The SMILES string of the molecule is CCCCc1ccc2c(c1-c1ccccc1)C=C(CC(C)C)[CH]2[Zr]([Cl])([Cl])[c]1cccc2c1[SiH2]c1ccccc1-2. The number of unbranched alkanes of at least 4 members (excludes halogenated alkanes) is 1. The van der Waals surface area contributed by atoms with Crippen molar-refractivity contribution in [3.63, 3.8) is 0 Å². The van der Waals surface area contributed by atoms with Gasteiger partial charge in [0, 0.05) is 0 Å². The molecule has 1 aliphatic carbocycles. The zero-order chi connectivity index (χ0) is 27.1. The molecule has 1 atom stereocenters. The summed E-state index contributed by atoms with van der Waals surface area (Å²) in [6.07, 6.45) is 7.00. The molecular weight excluding hydrogens is 611 g/mol. The Hall–Kier alpha value is -1.70. The summed E-state index contributed by atoms with van der Waals surface area (Å²) in [6, 6.07) is 31.4. The van der Waals surface area contributed by atoms with Crippen LogP contribution in [0.25, 0.3) is 28.3 Å². The van der Waals surface area contributed by atoms with Gasteiger partial charge < -0.3 is 0 Å². The minimum atomic E-state index is -3.97. The summed E-state index contributed by atoms with van der Waals surface area (Å²) < 4.78 is 1.45. The monoisotopic (exact) mass is 644 g/mol. The van der Waals surface area contributed by atoms with E-state index in [0.29, 0.717) is 5.92 Å². The van der Waals surface area contributed by atoms with E-state index < -0.39 is 27.4 Å². The maximum atomic E-state index is 7.88. The summed E-state index contributed by atoms with van der Waals surface area (Å²) in [5.41, 5.74) is 11.1. The summed E-state index contributed by atoms with van der Waals surface area (Å²) in [5.74, 6) is 0.545. The molecule has 4 heteroatoms. The molecule has 39 heavy (non-hydrogen) atoms. The Kier molecular flexibility index (Phi) is 7.95. The Morgan fingerprint density at radius 1 is 0.846 bits per heavy atom. The number of allylic oxidation sites excluding steroid dienone is 1. The molecule has 1 unspecified atom stereocenters. The molecule has 198 valence electrons. The predicted octanol–water partition coefficient (Wildman–Crippen LogP) is 8.07. The van der Waals surface area contributed by atoms with Gasteiger partial charge in [0.05, 0.1) is 0 Å². The molecule has 6 rings (SSSR count). The number of fused-ring (bicyclic) bond motifs is 4. The van der Waals surface area contributed by atoms with Gasteiger partial charge in [-0.1, -0.05) is 0 Å². The molecule has 0 aromatic heterocycles. The van der Waals surface area contributed by atoms with E-state index in [-0.39, 0.29) is 3.63 Å². The fraction of sp³-hybridized carbons (Fsp3) is 0.257. The summed E-state index contributed by atoms with van der Waals surface area (Å²) in [5, 5.41) is 3.02. The first kappa shape index (κ1) is 27.5. The molecule has 0 nitrogen and oxygen atoms in total. The van der Waals surface area contributed by atoms with E-state index in [4.69, 9.17) is 17.0 Å².